The Morgan fingerprint density at radius 3 is 2.77 bits per heavy atom. The Kier molecular flexibility index (Phi) is 1.66. The molecule has 2 N–H and O–H groups in total. The smallest absolute Gasteiger partial charge is 0.173 e. The Morgan fingerprint density at radius 2 is 2.23 bits per heavy atom. The van der Waals surface area contributed by atoms with Crippen LogP contribution in [0.15, 0.2) is 12.1 Å². The van der Waals surface area contributed by atoms with E-state index in [1.807, 2.05) is 23.5 Å². The van der Waals surface area contributed by atoms with Crippen molar-refractivity contribution in [1.29, 1.82) is 0 Å². The molecule has 2 aromatic rings. The number of hydrogen-bond acceptors (Lipinski definition) is 3. The third-order valence-corrected chi connectivity index (χ3v) is 3.27. The number of ketones is 1. The van der Waals surface area contributed by atoms with Gasteiger partial charge in [-0.3, -0.25) is 9.20 Å². The second kappa shape index (κ2) is 2.60. The van der Waals surface area contributed by atoms with Crippen molar-refractivity contribution in [1.82, 2.24) is 4.40 Å². The summed E-state index contributed by atoms with van der Waals surface area (Å²) in [7, 11) is 0. The Bertz CT molecular complexity index is 481. The molecule has 0 saturated carbocycles. The molecule has 4 heteroatoms. The first-order chi connectivity index (χ1) is 6.11. The van der Waals surface area contributed by atoms with Gasteiger partial charge in [0.25, 0.3) is 0 Å². The van der Waals surface area contributed by atoms with Crippen LogP contribution in [-0.2, 0) is 0 Å². The summed E-state index contributed by atoms with van der Waals surface area (Å²) in [6.45, 7) is 3.51. The third kappa shape index (κ3) is 1.06. The summed E-state index contributed by atoms with van der Waals surface area (Å²) >= 11 is 1.44. The van der Waals surface area contributed by atoms with E-state index in [2.05, 4.69) is 0 Å². The lowest BCUT2D eigenvalue weighted by molar-refractivity contribution is 0.102. The number of Topliss-reactive ketones (excluding diaryl/α,β-unsaturated/α-hetero) is 1. The number of fused-ring (bicyclic) bond motifs is 1. The Balaban J connectivity index is 2.82. The number of nitrogen functional groups attached to an aromatic ring is 1. The third-order valence-electron chi connectivity index (χ3n) is 2.04. The molecule has 0 unspecified atom stereocenters. The average Bonchev–Trinajstić information content (AvgIpc) is 2.55. The van der Waals surface area contributed by atoms with Crippen molar-refractivity contribution in [3.05, 3.63) is 22.7 Å². The van der Waals surface area contributed by atoms with E-state index in [-0.39, 0.29) is 5.78 Å². The summed E-state index contributed by atoms with van der Waals surface area (Å²) in [5.41, 5.74) is 6.90. The van der Waals surface area contributed by atoms with Crippen LogP contribution in [0, 0.1) is 6.92 Å². The molecule has 0 spiro atoms. The Hall–Kier alpha value is -1.29. The molecule has 0 aliphatic carbocycles. The van der Waals surface area contributed by atoms with Crippen LogP contribution in [0.2, 0.25) is 0 Å². The summed E-state index contributed by atoms with van der Waals surface area (Å²) in [5, 5.41) is 0. The predicted molar refractivity (Wildman–Crippen MR) is 54.4 cm³/mol. The lowest BCUT2D eigenvalue weighted by Gasteiger charge is -1.95. The molecule has 0 aliphatic heterocycles. The summed E-state index contributed by atoms with van der Waals surface area (Å²) in [4.78, 5) is 12.8. The zero-order chi connectivity index (χ0) is 9.59. The number of hydrogen-bond donors (Lipinski definition) is 1. The van der Waals surface area contributed by atoms with E-state index in [1.165, 1.54) is 18.3 Å². The van der Waals surface area contributed by atoms with E-state index in [0.717, 1.165) is 10.5 Å². The highest BCUT2D eigenvalue weighted by atomic mass is 32.1. The predicted octanol–water partition coefficient (Wildman–Crippen LogP) is 2.09. The van der Waals surface area contributed by atoms with Crippen molar-refractivity contribution >= 4 is 27.8 Å². The molecule has 13 heavy (non-hydrogen) atoms. The van der Waals surface area contributed by atoms with Gasteiger partial charge < -0.3 is 5.73 Å². The number of anilines is 1. The fourth-order valence-electron chi connectivity index (χ4n) is 1.41. The van der Waals surface area contributed by atoms with Crippen LogP contribution >= 0.6 is 11.3 Å². The van der Waals surface area contributed by atoms with Gasteiger partial charge in [-0.05, 0) is 19.1 Å². The molecule has 0 aliphatic rings. The molecule has 0 radical (unpaired) electrons. The number of aryl methyl sites for hydroxylation is 1. The van der Waals surface area contributed by atoms with E-state index in [0.29, 0.717) is 10.7 Å². The maximum Gasteiger partial charge on any atom is 0.173 e. The van der Waals surface area contributed by atoms with Crippen LogP contribution in [-0.4, -0.2) is 10.2 Å². The van der Waals surface area contributed by atoms with Gasteiger partial charge in [-0.1, -0.05) is 0 Å². The first-order valence-electron chi connectivity index (χ1n) is 3.98. The van der Waals surface area contributed by atoms with E-state index in [4.69, 9.17) is 5.73 Å². The molecule has 2 heterocycles. The molecule has 0 atom stereocenters. The minimum absolute atomic E-state index is 0.0330. The van der Waals surface area contributed by atoms with Crippen LogP contribution in [0.1, 0.15) is 22.3 Å². The van der Waals surface area contributed by atoms with Crippen molar-refractivity contribution in [2.24, 2.45) is 0 Å². The van der Waals surface area contributed by atoms with Gasteiger partial charge >= 0.3 is 0 Å². The van der Waals surface area contributed by atoms with Crippen molar-refractivity contribution in [3.63, 3.8) is 0 Å². The van der Waals surface area contributed by atoms with Crippen molar-refractivity contribution < 1.29 is 4.79 Å². The standard InChI is InChI=1S/C9H10N2OS/c1-5-3-4-7-11(5)9(10)8(13-7)6(2)12/h3-4H,10H2,1-2H3. The van der Waals surface area contributed by atoms with Gasteiger partial charge in [-0.25, -0.2) is 0 Å². The SMILES string of the molecule is CC(=O)c1sc2ccc(C)n2c1N. The second-order valence-corrected chi connectivity index (χ2v) is 4.05. The van der Waals surface area contributed by atoms with Crippen molar-refractivity contribution in [2.75, 3.05) is 5.73 Å². The maximum atomic E-state index is 11.2. The molecule has 0 amide bonds. The Morgan fingerprint density at radius 1 is 1.54 bits per heavy atom. The van der Waals surface area contributed by atoms with Crippen LogP contribution in [0.25, 0.3) is 4.83 Å². The van der Waals surface area contributed by atoms with Crippen molar-refractivity contribution in [3.8, 4) is 0 Å². The molecule has 2 aromatic heterocycles. The number of carbonyl (C=O) groups is 1. The van der Waals surface area contributed by atoms with Gasteiger partial charge in [-0.15, -0.1) is 11.3 Å². The lowest BCUT2D eigenvalue weighted by atomic mass is 10.3. The van der Waals surface area contributed by atoms with Crippen molar-refractivity contribution in [2.45, 2.75) is 13.8 Å². The highest BCUT2D eigenvalue weighted by molar-refractivity contribution is 7.19. The topological polar surface area (TPSA) is 47.5 Å². The number of thiazole rings is 1. The summed E-state index contributed by atoms with van der Waals surface area (Å²) in [6.07, 6.45) is 0. The second-order valence-electron chi connectivity index (χ2n) is 3.02. The zero-order valence-corrected chi connectivity index (χ0v) is 8.31. The van der Waals surface area contributed by atoms with E-state index >= 15 is 0 Å². The molecule has 2 rings (SSSR count). The number of nitrogens with two attached hydrogens (primary N) is 1. The highest BCUT2D eigenvalue weighted by Gasteiger charge is 2.13. The molecular formula is C9H10N2OS. The molecule has 68 valence electrons. The first kappa shape index (κ1) is 8.31. The minimum Gasteiger partial charge on any atom is -0.383 e. The van der Waals surface area contributed by atoms with E-state index in [1.54, 1.807) is 0 Å². The van der Waals surface area contributed by atoms with Gasteiger partial charge in [0.15, 0.2) is 5.78 Å². The monoisotopic (exact) mass is 194 g/mol. The van der Waals surface area contributed by atoms with Gasteiger partial charge in [0, 0.05) is 12.6 Å². The first-order valence-corrected chi connectivity index (χ1v) is 4.80. The van der Waals surface area contributed by atoms with E-state index in [9.17, 15) is 4.79 Å². The van der Waals surface area contributed by atoms with E-state index < -0.39 is 0 Å². The quantitative estimate of drug-likeness (QED) is 0.707. The van der Waals surface area contributed by atoms with Gasteiger partial charge in [0.05, 0.1) is 0 Å². The highest BCUT2D eigenvalue weighted by Crippen LogP contribution is 2.28. The summed E-state index contributed by atoms with van der Waals surface area (Å²) in [5.74, 6) is 0.598. The lowest BCUT2D eigenvalue weighted by Crippen LogP contribution is -1.99. The van der Waals surface area contributed by atoms with Crippen LogP contribution < -0.4 is 5.73 Å². The largest absolute Gasteiger partial charge is 0.383 e. The molecule has 0 bridgehead atoms. The van der Waals surface area contributed by atoms with Gasteiger partial charge in [0.2, 0.25) is 0 Å². The number of nitrogens with zero attached hydrogens (tertiary/aromatic N) is 1. The maximum absolute atomic E-state index is 11.2. The zero-order valence-electron chi connectivity index (χ0n) is 7.50. The average molecular weight is 194 g/mol. The van der Waals surface area contributed by atoms with Gasteiger partial charge in [0.1, 0.15) is 15.5 Å². The van der Waals surface area contributed by atoms with Crippen LogP contribution in [0.3, 0.4) is 0 Å². The molecule has 0 fully saturated rings. The normalized spacial score (nSPS) is 10.9. The van der Waals surface area contributed by atoms with Crippen LogP contribution in [0.5, 0.6) is 0 Å². The van der Waals surface area contributed by atoms with Gasteiger partial charge in [-0.2, -0.15) is 0 Å². The summed E-state index contributed by atoms with van der Waals surface area (Å²) in [6, 6.07) is 3.97. The molecule has 0 aromatic carbocycles. The Labute approximate surface area is 79.8 Å². The molecular weight excluding hydrogens is 184 g/mol. The van der Waals surface area contributed by atoms with Crippen LogP contribution in [0.4, 0.5) is 5.82 Å². The summed E-state index contributed by atoms with van der Waals surface area (Å²) < 4.78 is 1.90. The minimum atomic E-state index is 0.0330. The number of carbonyl (C=O) groups excluding carboxylic acids is 1. The molecule has 0 saturated heterocycles. The fourth-order valence-corrected chi connectivity index (χ4v) is 2.43. The number of aromatic nitrogens is 1. The molecule has 3 nitrogen and oxygen atoms in total. The fraction of sp³-hybridized carbons (Fsp3) is 0.222. The number of rotatable bonds is 1.